The van der Waals surface area contributed by atoms with Crippen LogP contribution in [-0.2, 0) is 5.41 Å². The molecule has 4 heteroatoms. The zero-order chi connectivity index (χ0) is 12.8. The Labute approximate surface area is 105 Å². The predicted octanol–water partition coefficient (Wildman–Crippen LogP) is 3.32. The van der Waals surface area contributed by atoms with E-state index < -0.39 is 10.3 Å². The lowest BCUT2D eigenvalue weighted by atomic mass is 9.44. The monoisotopic (exact) mass is 242 g/mol. The van der Waals surface area contributed by atoms with Crippen molar-refractivity contribution < 1.29 is 4.92 Å². The first-order valence-corrected chi connectivity index (χ1v) is 6.26. The molecule has 0 amide bonds. The van der Waals surface area contributed by atoms with Crippen LogP contribution < -0.4 is 0 Å². The Balaban J connectivity index is 1.85. The van der Waals surface area contributed by atoms with E-state index in [1.807, 2.05) is 0 Å². The van der Waals surface area contributed by atoms with Gasteiger partial charge in [0.05, 0.1) is 16.4 Å². The van der Waals surface area contributed by atoms with E-state index in [0.29, 0.717) is 5.41 Å². The highest BCUT2D eigenvalue weighted by Crippen LogP contribution is 2.64. The summed E-state index contributed by atoms with van der Waals surface area (Å²) in [6.07, 6.45) is 5.61. The summed E-state index contributed by atoms with van der Waals surface area (Å²) in [5, 5.41) is 20.1. The van der Waals surface area contributed by atoms with Gasteiger partial charge in [0, 0.05) is 12.1 Å². The summed E-state index contributed by atoms with van der Waals surface area (Å²) >= 11 is 0. The third-order valence-electron chi connectivity index (χ3n) is 4.61. The van der Waals surface area contributed by atoms with E-state index in [1.54, 1.807) is 12.1 Å². The van der Waals surface area contributed by atoms with Gasteiger partial charge in [-0.25, -0.2) is 0 Å². The summed E-state index contributed by atoms with van der Waals surface area (Å²) in [5.41, 5.74) is 1.05. The molecule has 0 N–H and O–H groups in total. The number of non-ortho nitro benzene ring substituents is 1. The van der Waals surface area contributed by atoms with Gasteiger partial charge in [0.1, 0.15) is 0 Å². The van der Waals surface area contributed by atoms with Gasteiger partial charge >= 0.3 is 0 Å². The molecule has 2 saturated carbocycles. The van der Waals surface area contributed by atoms with Gasteiger partial charge in [-0.15, -0.1) is 0 Å². The summed E-state index contributed by atoms with van der Waals surface area (Å²) in [6.45, 7) is 0. The van der Waals surface area contributed by atoms with Crippen LogP contribution in [-0.4, -0.2) is 4.92 Å². The second-order valence-electron chi connectivity index (χ2n) is 5.71. The smallest absolute Gasteiger partial charge is 0.258 e. The Morgan fingerprint density at radius 2 is 1.83 bits per heavy atom. The number of nitro groups is 1. The van der Waals surface area contributed by atoms with Crippen LogP contribution >= 0.6 is 0 Å². The highest BCUT2D eigenvalue weighted by molar-refractivity contribution is 5.43. The van der Waals surface area contributed by atoms with E-state index in [4.69, 9.17) is 0 Å². The van der Waals surface area contributed by atoms with Crippen molar-refractivity contribution in [2.24, 2.45) is 5.41 Å². The lowest BCUT2D eigenvalue weighted by Crippen LogP contribution is -2.52. The first-order valence-electron chi connectivity index (χ1n) is 6.26. The van der Waals surface area contributed by atoms with Crippen molar-refractivity contribution in [2.45, 2.75) is 37.5 Å². The molecule has 0 bridgehead atoms. The van der Waals surface area contributed by atoms with E-state index in [2.05, 4.69) is 6.07 Å². The van der Waals surface area contributed by atoms with Crippen LogP contribution in [0.1, 0.15) is 37.7 Å². The van der Waals surface area contributed by atoms with E-state index in [9.17, 15) is 15.4 Å². The standard InChI is InChI=1S/C14H14N2O2/c15-10-14(8-13(9-14)6-1-7-13)11-2-4-12(5-3-11)16(17)18/h2-5H,1,6-9H2. The van der Waals surface area contributed by atoms with Crippen molar-refractivity contribution >= 4 is 5.69 Å². The van der Waals surface area contributed by atoms with Gasteiger partial charge in [-0.3, -0.25) is 10.1 Å². The number of hydrogen-bond donors (Lipinski definition) is 0. The zero-order valence-corrected chi connectivity index (χ0v) is 10.1. The molecule has 0 heterocycles. The molecule has 92 valence electrons. The van der Waals surface area contributed by atoms with E-state index in [0.717, 1.165) is 18.4 Å². The minimum absolute atomic E-state index is 0.0875. The molecule has 0 radical (unpaired) electrons. The normalized spacial score (nSPS) is 22.6. The number of benzene rings is 1. The predicted molar refractivity (Wildman–Crippen MR) is 65.9 cm³/mol. The Kier molecular flexibility index (Phi) is 2.21. The minimum Gasteiger partial charge on any atom is -0.258 e. The fraction of sp³-hybridized carbons (Fsp3) is 0.500. The van der Waals surface area contributed by atoms with Crippen LogP contribution in [0.25, 0.3) is 0 Å². The molecule has 0 atom stereocenters. The SMILES string of the molecule is N#CC1(c2ccc([N+](=O)[O-])cc2)CC2(CCC2)C1. The molecule has 1 spiro atoms. The third kappa shape index (κ3) is 1.43. The summed E-state index contributed by atoms with van der Waals surface area (Å²) in [7, 11) is 0. The largest absolute Gasteiger partial charge is 0.269 e. The molecule has 1 aromatic carbocycles. The van der Waals surface area contributed by atoms with Gasteiger partial charge in [0.25, 0.3) is 5.69 Å². The van der Waals surface area contributed by atoms with Crippen LogP contribution in [0, 0.1) is 26.9 Å². The molecule has 0 aromatic heterocycles. The highest BCUT2D eigenvalue weighted by Gasteiger charge is 2.58. The van der Waals surface area contributed by atoms with Crippen molar-refractivity contribution in [2.75, 3.05) is 0 Å². The van der Waals surface area contributed by atoms with Gasteiger partial charge in [-0.2, -0.15) is 5.26 Å². The van der Waals surface area contributed by atoms with Crippen molar-refractivity contribution in [1.29, 1.82) is 5.26 Å². The topological polar surface area (TPSA) is 66.9 Å². The summed E-state index contributed by atoms with van der Waals surface area (Å²) < 4.78 is 0. The van der Waals surface area contributed by atoms with Crippen LogP contribution in [0.4, 0.5) is 5.69 Å². The second-order valence-corrected chi connectivity index (χ2v) is 5.71. The van der Waals surface area contributed by atoms with Gasteiger partial charge in [-0.1, -0.05) is 18.6 Å². The number of nitriles is 1. The minimum atomic E-state index is -0.406. The first kappa shape index (κ1) is 11.2. The average Bonchev–Trinajstić information content (AvgIpc) is 2.27. The van der Waals surface area contributed by atoms with Gasteiger partial charge < -0.3 is 0 Å². The second kappa shape index (κ2) is 3.55. The fourth-order valence-electron chi connectivity index (χ4n) is 3.51. The van der Waals surface area contributed by atoms with Gasteiger partial charge in [0.2, 0.25) is 0 Å². The van der Waals surface area contributed by atoms with E-state index >= 15 is 0 Å². The Morgan fingerprint density at radius 3 is 2.22 bits per heavy atom. The molecule has 2 aliphatic carbocycles. The first-order chi connectivity index (χ1) is 8.59. The molecule has 2 fully saturated rings. The maximum absolute atomic E-state index is 10.6. The Bertz CT molecular complexity index is 530. The molecule has 18 heavy (non-hydrogen) atoms. The fourth-order valence-corrected chi connectivity index (χ4v) is 3.51. The molecule has 2 aliphatic rings. The van der Waals surface area contributed by atoms with Crippen LogP contribution in [0.3, 0.4) is 0 Å². The van der Waals surface area contributed by atoms with Crippen molar-refractivity contribution in [3.8, 4) is 6.07 Å². The number of nitrogens with zero attached hydrogens (tertiary/aromatic N) is 2. The third-order valence-corrected chi connectivity index (χ3v) is 4.61. The molecule has 3 rings (SSSR count). The number of rotatable bonds is 2. The summed E-state index contributed by atoms with van der Waals surface area (Å²) in [6, 6.07) is 8.92. The molecule has 4 nitrogen and oxygen atoms in total. The van der Waals surface area contributed by atoms with Gasteiger partial charge in [0.15, 0.2) is 0 Å². The molecular weight excluding hydrogens is 228 g/mol. The van der Waals surface area contributed by atoms with Gasteiger partial charge in [-0.05, 0) is 36.7 Å². The molecule has 0 aliphatic heterocycles. The average molecular weight is 242 g/mol. The zero-order valence-electron chi connectivity index (χ0n) is 10.1. The maximum atomic E-state index is 10.6. The van der Waals surface area contributed by atoms with Crippen LogP contribution in [0.5, 0.6) is 0 Å². The van der Waals surface area contributed by atoms with Crippen molar-refractivity contribution in [3.05, 3.63) is 39.9 Å². The maximum Gasteiger partial charge on any atom is 0.269 e. The summed E-state index contributed by atoms with van der Waals surface area (Å²) in [5.74, 6) is 0. The van der Waals surface area contributed by atoms with E-state index in [-0.39, 0.29) is 5.69 Å². The number of hydrogen-bond acceptors (Lipinski definition) is 3. The van der Waals surface area contributed by atoms with Crippen molar-refractivity contribution in [3.63, 3.8) is 0 Å². The molecule has 0 saturated heterocycles. The Morgan fingerprint density at radius 1 is 1.22 bits per heavy atom. The lowest BCUT2D eigenvalue weighted by molar-refractivity contribution is -0.384. The Hall–Kier alpha value is -1.89. The quantitative estimate of drug-likeness (QED) is 0.590. The van der Waals surface area contributed by atoms with Crippen molar-refractivity contribution in [1.82, 2.24) is 0 Å². The summed E-state index contributed by atoms with van der Waals surface area (Å²) in [4.78, 5) is 10.2. The molecule has 0 unspecified atom stereocenters. The van der Waals surface area contributed by atoms with Crippen LogP contribution in [0.15, 0.2) is 24.3 Å². The lowest BCUT2D eigenvalue weighted by Gasteiger charge is -2.58. The van der Waals surface area contributed by atoms with E-state index in [1.165, 1.54) is 31.4 Å². The van der Waals surface area contributed by atoms with Crippen LogP contribution in [0.2, 0.25) is 0 Å². The molecular formula is C14H14N2O2. The molecule has 1 aromatic rings. The highest BCUT2D eigenvalue weighted by atomic mass is 16.6. The number of nitro benzene ring substituents is 1.